The summed E-state index contributed by atoms with van der Waals surface area (Å²) >= 11 is 1.93. The number of carbonyl (C=O) groups excluding carboxylic acids is 2. The molecule has 3 amide bonds. The Hall–Kier alpha value is -1.73. The fourth-order valence-electron chi connectivity index (χ4n) is 4.82. The summed E-state index contributed by atoms with van der Waals surface area (Å²) < 4.78 is 0. The Balaban J connectivity index is 1.14. The van der Waals surface area contributed by atoms with E-state index in [0.717, 1.165) is 37.2 Å². The summed E-state index contributed by atoms with van der Waals surface area (Å²) in [4.78, 5) is 26.3. The highest BCUT2D eigenvalue weighted by molar-refractivity contribution is 8.00. The number of piperidine rings is 1. The van der Waals surface area contributed by atoms with Crippen LogP contribution in [0.3, 0.4) is 0 Å². The number of anilines is 1. The van der Waals surface area contributed by atoms with E-state index in [4.69, 9.17) is 0 Å². The average Bonchev–Trinajstić information content (AvgIpc) is 3.28. The molecule has 0 bridgehead atoms. The zero-order valence-electron chi connectivity index (χ0n) is 17.9. The van der Waals surface area contributed by atoms with E-state index in [1.807, 2.05) is 23.9 Å². The first-order valence-electron chi connectivity index (χ1n) is 11.4. The molecule has 3 heterocycles. The number of benzene rings is 1. The molecule has 30 heavy (non-hydrogen) atoms. The number of hydrogen-bond donors (Lipinski definition) is 3. The van der Waals surface area contributed by atoms with Crippen LogP contribution in [0.5, 0.6) is 0 Å². The van der Waals surface area contributed by atoms with Crippen LogP contribution < -0.4 is 16.0 Å². The van der Waals surface area contributed by atoms with Crippen molar-refractivity contribution in [1.82, 2.24) is 15.5 Å². The second kappa shape index (κ2) is 10.1. The largest absolute Gasteiger partial charge is 0.332 e. The lowest BCUT2D eigenvalue weighted by molar-refractivity contribution is -0.116. The normalized spacial score (nSPS) is 28.6. The summed E-state index contributed by atoms with van der Waals surface area (Å²) in [5.41, 5.74) is 2.19. The average molecular weight is 431 g/mol. The highest BCUT2D eigenvalue weighted by Gasteiger charge is 2.42. The summed E-state index contributed by atoms with van der Waals surface area (Å²) in [6.45, 7) is 4.49. The molecule has 1 unspecified atom stereocenters. The number of amides is 3. The van der Waals surface area contributed by atoms with Gasteiger partial charge in [0.15, 0.2) is 0 Å². The molecular weight excluding hydrogens is 396 g/mol. The van der Waals surface area contributed by atoms with Crippen molar-refractivity contribution in [1.29, 1.82) is 0 Å². The standard InChI is InChI=1S/C23H34N4O2S/c1-16-6-4-5-13-27(16)14-17-9-11-18(12-10-17)24-21(28)8-3-2-7-20-22-19(15-30-20)25-23(29)26-22/h9-12,16,19-20,22H,2-8,13-15H2,1H3,(H,24,28)(H2,25,26,29)/t16?,19-,20-,22-/m0/s1. The minimum atomic E-state index is -0.0360. The van der Waals surface area contributed by atoms with Gasteiger partial charge in [-0.3, -0.25) is 9.69 Å². The molecular formula is C23H34N4O2S. The van der Waals surface area contributed by atoms with Crippen LogP contribution in [0.4, 0.5) is 10.5 Å². The maximum Gasteiger partial charge on any atom is 0.315 e. The van der Waals surface area contributed by atoms with E-state index in [-0.39, 0.29) is 24.0 Å². The molecule has 4 atom stereocenters. The van der Waals surface area contributed by atoms with Crippen LogP contribution in [-0.4, -0.2) is 52.5 Å². The molecule has 3 aliphatic heterocycles. The number of nitrogens with zero attached hydrogens (tertiary/aromatic N) is 1. The van der Waals surface area contributed by atoms with Crippen molar-refractivity contribution in [3.05, 3.63) is 29.8 Å². The van der Waals surface area contributed by atoms with Gasteiger partial charge in [0.1, 0.15) is 0 Å². The van der Waals surface area contributed by atoms with Crippen molar-refractivity contribution in [2.24, 2.45) is 0 Å². The second-order valence-corrected chi connectivity index (χ2v) is 10.2. The van der Waals surface area contributed by atoms with E-state index in [0.29, 0.717) is 17.7 Å². The van der Waals surface area contributed by atoms with Gasteiger partial charge in [-0.2, -0.15) is 11.8 Å². The van der Waals surface area contributed by atoms with Crippen LogP contribution in [0, 0.1) is 0 Å². The van der Waals surface area contributed by atoms with Gasteiger partial charge in [0.2, 0.25) is 5.91 Å². The lowest BCUT2D eigenvalue weighted by Gasteiger charge is -2.33. The minimum absolute atomic E-state index is 0.0360. The van der Waals surface area contributed by atoms with Gasteiger partial charge in [0, 0.05) is 35.7 Å². The van der Waals surface area contributed by atoms with Crippen LogP contribution in [-0.2, 0) is 11.3 Å². The zero-order chi connectivity index (χ0) is 20.9. The monoisotopic (exact) mass is 430 g/mol. The van der Waals surface area contributed by atoms with Gasteiger partial charge in [-0.05, 0) is 56.8 Å². The summed E-state index contributed by atoms with van der Waals surface area (Å²) in [7, 11) is 0. The SMILES string of the molecule is CC1CCCCN1Cc1ccc(NC(=O)CCCC[C@@H]2SC[C@@H]3NC(=O)N[C@@H]32)cc1. The molecule has 4 rings (SSSR count). The van der Waals surface area contributed by atoms with E-state index in [1.165, 1.54) is 31.4 Å². The van der Waals surface area contributed by atoms with Gasteiger partial charge in [-0.25, -0.2) is 4.79 Å². The lowest BCUT2D eigenvalue weighted by atomic mass is 10.0. The Kier molecular flexibility index (Phi) is 7.20. The number of hydrogen-bond acceptors (Lipinski definition) is 4. The smallest absolute Gasteiger partial charge is 0.315 e. The quantitative estimate of drug-likeness (QED) is 0.434. The summed E-state index contributed by atoms with van der Waals surface area (Å²) in [6.07, 6.45) is 7.42. The molecule has 3 N–H and O–H groups in total. The fraction of sp³-hybridized carbons (Fsp3) is 0.652. The Morgan fingerprint density at radius 3 is 2.83 bits per heavy atom. The molecule has 3 saturated heterocycles. The number of nitrogens with one attached hydrogen (secondary N) is 3. The van der Waals surface area contributed by atoms with Gasteiger partial charge in [0.05, 0.1) is 12.1 Å². The van der Waals surface area contributed by atoms with Gasteiger partial charge >= 0.3 is 6.03 Å². The number of unbranched alkanes of at least 4 members (excludes halogenated alkanes) is 1. The highest BCUT2D eigenvalue weighted by Crippen LogP contribution is 2.33. The van der Waals surface area contributed by atoms with Gasteiger partial charge in [-0.1, -0.05) is 25.0 Å². The van der Waals surface area contributed by atoms with E-state index >= 15 is 0 Å². The lowest BCUT2D eigenvalue weighted by Crippen LogP contribution is -2.36. The highest BCUT2D eigenvalue weighted by atomic mass is 32.2. The van der Waals surface area contributed by atoms with E-state index < -0.39 is 0 Å². The second-order valence-electron chi connectivity index (χ2n) is 8.93. The van der Waals surface area contributed by atoms with Crippen LogP contribution in [0.1, 0.15) is 57.4 Å². The minimum Gasteiger partial charge on any atom is -0.332 e. The van der Waals surface area contributed by atoms with Crippen LogP contribution in [0.25, 0.3) is 0 Å². The Bertz CT molecular complexity index is 741. The first-order chi connectivity index (χ1) is 14.6. The van der Waals surface area contributed by atoms with E-state index in [2.05, 4.69) is 39.9 Å². The fourth-order valence-corrected chi connectivity index (χ4v) is 6.36. The number of likely N-dealkylation sites (tertiary alicyclic amines) is 1. The summed E-state index contributed by atoms with van der Waals surface area (Å²) in [5, 5.41) is 9.49. The predicted molar refractivity (Wildman–Crippen MR) is 123 cm³/mol. The molecule has 164 valence electrons. The topological polar surface area (TPSA) is 73.5 Å². The number of carbonyl (C=O) groups is 2. The van der Waals surface area contributed by atoms with Crippen molar-refractivity contribution >= 4 is 29.4 Å². The maximum atomic E-state index is 12.3. The third-order valence-corrected chi connectivity index (χ3v) is 8.15. The number of thioether (sulfide) groups is 1. The molecule has 0 radical (unpaired) electrons. The summed E-state index contributed by atoms with van der Waals surface area (Å²) in [6, 6.07) is 9.46. The Labute approximate surface area is 183 Å². The van der Waals surface area contributed by atoms with E-state index in [9.17, 15) is 9.59 Å². The van der Waals surface area contributed by atoms with Crippen molar-refractivity contribution in [2.75, 3.05) is 17.6 Å². The first kappa shape index (κ1) is 21.5. The van der Waals surface area contributed by atoms with Crippen molar-refractivity contribution < 1.29 is 9.59 Å². The number of rotatable bonds is 8. The molecule has 7 heteroatoms. The number of fused-ring (bicyclic) bond motifs is 1. The predicted octanol–water partition coefficient (Wildman–Crippen LogP) is 3.73. The Morgan fingerprint density at radius 2 is 2.03 bits per heavy atom. The zero-order valence-corrected chi connectivity index (χ0v) is 18.7. The molecule has 1 aromatic rings. The van der Waals surface area contributed by atoms with Crippen molar-refractivity contribution in [3.8, 4) is 0 Å². The molecule has 1 aromatic carbocycles. The molecule has 0 aliphatic carbocycles. The molecule has 0 aromatic heterocycles. The van der Waals surface area contributed by atoms with Gasteiger partial charge in [0.25, 0.3) is 0 Å². The van der Waals surface area contributed by atoms with Crippen molar-refractivity contribution in [3.63, 3.8) is 0 Å². The van der Waals surface area contributed by atoms with Gasteiger partial charge < -0.3 is 16.0 Å². The molecule has 3 aliphatic rings. The first-order valence-corrected chi connectivity index (χ1v) is 12.4. The molecule has 0 saturated carbocycles. The third kappa shape index (κ3) is 5.49. The van der Waals surface area contributed by atoms with Gasteiger partial charge in [-0.15, -0.1) is 0 Å². The summed E-state index contributed by atoms with van der Waals surface area (Å²) in [5.74, 6) is 1.07. The van der Waals surface area contributed by atoms with Crippen molar-refractivity contribution in [2.45, 2.75) is 81.8 Å². The molecule has 6 nitrogen and oxygen atoms in total. The third-order valence-electron chi connectivity index (χ3n) is 6.64. The Morgan fingerprint density at radius 1 is 1.20 bits per heavy atom. The molecule has 3 fully saturated rings. The maximum absolute atomic E-state index is 12.3. The molecule has 0 spiro atoms. The van der Waals surface area contributed by atoms with Crippen LogP contribution in [0.15, 0.2) is 24.3 Å². The van der Waals surface area contributed by atoms with E-state index in [1.54, 1.807) is 0 Å². The van der Waals surface area contributed by atoms with Crippen LogP contribution in [0.2, 0.25) is 0 Å². The number of urea groups is 1. The van der Waals surface area contributed by atoms with Crippen LogP contribution >= 0.6 is 11.8 Å².